The maximum absolute atomic E-state index is 12.7. The summed E-state index contributed by atoms with van der Waals surface area (Å²) in [5.41, 5.74) is 5.81. The summed E-state index contributed by atoms with van der Waals surface area (Å²) in [4.78, 5) is 14.9. The molecule has 5 unspecified atom stereocenters. The summed E-state index contributed by atoms with van der Waals surface area (Å²) in [5.74, 6) is 2.27. The van der Waals surface area contributed by atoms with Crippen molar-refractivity contribution in [2.45, 2.75) is 52.5 Å². The van der Waals surface area contributed by atoms with Crippen LogP contribution in [0.15, 0.2) is 0 Å². The van der Waals surface area contributed by atoms with Gasteiger partial charge in [0.15, 0.2) is 0 Å². The van der Waals surface area contributed by atoms with E-state index in [1.165, 1.54) is 12.8 Å². The molecule has 0 aromatic rings. The Morgan fingerprint density at radius 1 is 1.28 bits per heavy atom. The van der Waals surface area contributed by atoms with Crippen molar-refractivity contribution in [1.29, 1.82) is 0 Å². The molecule has 0 aromatic heterocycles. The number of carbonyl (C=O) groups excluding carboxylic acids is 1. The lowest BCUT2D eigenvalue weighted by Gasteiger charge is -2.42. The van der Waals surface area contributed by atoms with Crippen LogP contribution in [0.2, 0.25) is 0 Å². The fourth-order valence-electron chi connectivity index (χ4n) is 3.86. The van der Waals surface area contributed by atoms with Crippen LogP contribution in [0.25, 0.3) is 0 Å². The fraction of sp³-hybridized carbons (Fsp3) is 0.933. The molecule has 2 N–H and O–H groups in total. The van der Waals surface area contributed by atoms with E-state index in [-0.39, 0.29) is 5.92 Å². The second kappa shape index (κ2) is 5.60. The fourth-order valence-corrected chi connectivity index (χ4v) is 3.86. The van der Waals surface area contributed by atoms with Gasteiger partial charge in [0, 0.05) is 18.5 Å². The third-order valence-electron chi connectivity index (χ3n) is 5.16. The van der Waals surface area contributed by atoms with E-state index in [0.29, 0.717) is 36.2 Å². The smallest absolute Gasteiger partial charge is 0.226 e. The Labute approximate surface area is 111 Å². The first-order chi connectivity index (χ1) is 8.54. The lowest BCUT2D eigenvalue weighted by atomic mass is 9.84. The molecule has 0 aromatic carbocycles. The van der Waals surface area contributed by atoms with Gasteiger partial charge in [-0.25, -0.2) is 0 Å². The normalized spacial score (nSPS) is 41.1. The van der Waals surface area contributed by atoms with Gasteiger partial charge in [-0.2, -0.15) is 0 Å². The molecule has 3 heteroatoms. The van der Waals surface area contributed by atoms with Crippen LogP contribution < -0.4 is 5.73 Å². The number of amides is 1. The average molecular weight is 252 g/mol. The monoisotopic (exact) mass is 252 g/mol. The molecular formula is C15H28N2O. The molecule has 2 fully saturated rings. The van der Waals surface area contributed by atoms with Crippen molar-refractivity contribution >= 4 is 5.91 Å². The van der Waals surface area contributed by atoms with E-state index >= 15 is 0 Å². The van der Waals surface area contributed by atoms with E-state index in [1.807, 2.05) is 0 Å². The molecule has 104 valence electrons. The summed E-state index contributed by atoms with van der Waals surface area (Å²) in [7, 11) is 0. The molecular weight excluding hydrogens is 224 g/mol. The van der Waals surface area contributed by atoms with Gasteiger partial charge in [-0.15, -0.1) is 0 Å². The van der Waals surface area contributed by atoms with Crippen LogP contribution in [0, 0.1) is 23.7 Å². The highest BCUT2D eigenvalue weighted by Gasteiger charge is 2.39. The van der Waals surface area contributed by atoms with E-state index < -0.39 is 0 Å². The predicted molar refractivity (Wildman–Crippen MR) is 74.0 cm³/mol. The summed E-state index contributed by atoms with van der Waals surface area (Å²) in [5, 5.41) is 0. The SMILES string of the molecule is CC1CC(C)C(C)N(C(=O)C2CCCC2CN)C1. The Bertz CT molecular complexity index is 305. The Morgan fingerprint density at radius 3 is 2.67 bits per heavy atom. The molecule has 1 saturated heterocycles. The van der Waals surface area contributed by atoms with E-state index in [2.05, 4.69) is 25.7 Å². The molecule has 0 radical (unpaired) electrons. The minimum absolute atomic E-state index is 0.204. The summed E-state index contributed by atoms with van der Waals surface area (Å²) in [6.07, 6.45) is 4.61. The quantitative estimate of drug-likeness (QED) is 0.819. The zero-order chi connectivity index (χ0) is 13.3. The zero-order valence-electron chi connectivity index (χ0n) is 12.1. The van der Waals surface area contributed by atoms with E-state index in [9.17, 15) is 4.79 Å². The van der Waals surface area contributed by atoms with Crippen molar-refractivity contribution < 1.29 is 4.79 Å². The van der Waals surface area contributed by atoms with Crippen molar-refractivity contribution in [2.75, 3.05) is 13.1 Å². The molecule has 0 spiro atoms. The minimum atomic E-state index is 0.204. The molecule has 1 heterocycles. The number of rotatable bonds is 2. The zero-order valence-corrected chi connectivity index (χ0v) is 12.1. The summed E-state index contributed by atoms with van der Waals surface area (Å²) < 4.78 is 0. The van der Waals surface area contributed by atoms with Gasteiger partial charge in [-0.3, -0.25) is 4.79 Å². The largest absolute Gasteiger partial charge is 0.339 e. The number of nitrogens with two attached hydrogens (primary N) is 1. The maximum Gasteiger partial charge on any atom is 0.226 e. The molecule has 2 rings (SSSR count). The van der Waals surface area contributed by atoms with E-state index in [1.54, 1.807) is 0 Å². The van der Waals surface area contributed by atoms with Crippen molar-refractivity contribution in [3.63, 3.8) is 0 Å². The first-order valence-electron chi connectivity index (χ1n) is 7.55. The van der Waals surface area contributed by atoms with Crippen LogP contribution >= 0.6 is 0 Å². The van der Waals surface area contributed by atoms with Gasteiger partial charge in [0.25, 0.3) is 0 Å². The minimum Gasteiger partial charge on any atom is -0.339 e. The summed E-state index contributed by atoms with van der Waals surface area (Å²) in [6, 6.07) is 0.396. The topological polar surface area (TPSA) is 46.3 Å². The van der Waals surface area contributed by atoms with Gasteiger partial charge < -0.3 is 10.6 Å². The van der Waals surface area contributed by atoms with Crippen molar-refractivity contribution in [3.05, 3.63) is 0 Å². The van der Waals surface area contributed by atoms with Gasteiger partial charge in [-0.1, -0.05) is 20.3 Å². The molecule has 1 saturated carbocycles. The number of hydrogen-bond acceptors (Lipinski definition) is 2. The Kier molecular flexibility index (Phi) is 4.31. The molecule has 1 aliphatic carbocycles. The highest BCUT2D eigenvalue weighted by atomic mass is 16.2. The number of likely N-dealkylation sites (tertiary alicyclic amines) is 1. The van der Waals surface area contributed by atoms with E-state index in [0.717, 1.165) is 19.4 Å². The molecule has 0 bridgehead atoms. The van der Waals surface area contributed by atoms with Gasteiger partial charge >= 0.3 is 0 Å². The first-order valence-corrected chi connectivity index (χ1v) is 7.55. The van der Waals surface area contributed by atoms with Gasteiger partial charge in [-0.05, 0) is 50.5 Å². The van der Waals surface area contributed by atoms with Crippen LogP contribution in [0.4, 0.5) is 0 Å². The summed E-state index contributed by atoms with van der Waals surface area (Å²) in [6.45, 7) is 8.36. The Balaban J connectivity index is 2.07. The van der Waals surface area contributed by atoms with Gasteiger partial charge in [0.1, 0.15) is 0 Å². The second-order valence-electron chi connectivity index (χ2n) is 6.58. The first kappa shape index (κ1) is 13.9. The standard InChI is InChI=1S/C15H28N2O/c1-10-7-11(2)12(3)17(9-10)15(18)14-6-4-5-13(14)8-16/h10-14H,4-9,16H2,1-3H3. The van der Waals surface area contributed by atoms with Crippen LogP contribution in [0.3, 0.4) is 0 Å². The Morgan fingerprint density at radius 2 is 2.00 bits per heavy atom. The second-order valence-corrected chi connectivity index (χ2v) is 6.58. The molecule has 18 heavy (non-hydrogen) atoms. The van der Waals surface area contributed by atoms with Crippen molar-refractivity contribution in [2.24, 2.45) is 29.4 Å². The van der Waals surface area contributed by atoms with Crippen LogP contribution in [0.5, 0.6) is 0 Å². The van der Waals surface area contributed by atoms with Gasteiger partial charge in [0.05, 0.1) is 0 Å². The lowest BCUT2D eigenvalue weighted by molar-refractivity contribution is -0.142. The molecule has 3 nitrogen and oxygen atoms in total. The number of piperidine rings is 1. The molecule has 2 aliphatic rings. The molecule has 1 aliphatic heterocycles. The van der Waals surface area contributed by atoms with Gasteiger partial charge in [0.2, 0.25) is 5.91 Å². The molecule has 5 atom stereocenters. The lowest BCUT2D eigenvalue weighted by Crippen LogP contribution is -2.51. The predicted octanol–water partition coefficient (Wildman–Crippen LogP) is 2.25. The van der Waals surface area contributed by atoms with Crippen molar-refractivity contribution in [1.82, 2.24) is 4.90 Å². The van der Waals surface area contributed by atoms with Crippen LogP contribution in [-0.4, -0.2) is 29.9 Å². The average Bonchev–Trinajstić information content (AvgIpc) is 2.81. The number of hydrogen-bond donors (Lipinski definition) is 1. The highest BCUT2D eigenvalue weighted by Crippen LogP contribution is 2.35. The maximum atomic E-state index is 12.7. The number of nitrogens with zero attached hydrogens (tertiary/aromatic N) is 1. The van der Waals surface area contributed by atoms with E-state index in [4.69, 9.17) is 5.73 Å². The molecule has 1 amide bonds. The third-order valence-corrected chi connectivity index (χ3v) is 5.16. The Hall–Kier alpha value is -0.570. The summed E-state index contributed by atoms with van der Waals surface area (Å²) >= 11 is 0. The van der Waals surface area contributed by atoms with Crippen molar-refractivity contribution in [3.8, 4) is 0 Å². The third kappa shape index (κ3) is 2.56. The highest BCUT2D eigenvalue weighted by molar-refractivity contribution is 5.80. The van der Waals surface area contributed by atoms with Crippen LogP contribution in [-0.2, 0) is 4.79 Å². The number of carbonyl (C=O) groups is 1. The van der Waals surface area contributed by atoms with Crippen LogP contribution in [0.1, 0.15) is 46.5 Å².